The molecular formula is C13H21N3O. The minimum Gasteiger partial charge on any atom is -0.355 e. The van der Waals surface area contributed by atoms with E-state index in [9.17, 15) is 4.79 Å². The van der Waals surface area contributed by atoms with Crippen LogP contribution < -0.4 is 10.6 Å². The highest BCUT2D eigenvalue weighted by Gasteiger charge is 2.15. The van der Waals surface area contributed by atoms with Gasteiger partial charge in [0.05, 0.1) is 6.04 Å². The van der Waals surface area contributed by atoms with Crippen molar-refractivity contribution in [3.05, 3.63) is 30.1 Å². The highest BCUT2D eigenvalue weighted by Crippen LogP contribution is 2.10. The van der Waals surface area contributed by atoms with E-state index >= 15 is 0 Å². The van der Waals surface area contributed by atoms with Crippen molar-refractivity contribution in [3.63, 3.8) is 0 Å². The quantitative estimate of drug-likeness (QED) is 0.788. The average molecular weight is 235 g/mol. The molecule has 1 heterocycles. The number of nitrogens with zero attached hydrogens (tertiary/aromatic N) is 1. The molecule has 0 saturated heterocycles. The fourth-order valence-corrected chi connectivity index (χ4v) is 1.60. The van der Waals surface area contributed by atoms with Gasteiger partial charge in [-0.05, 0) is 38.0 Å². The van der Waals surface area contributed by atoms with Crippen LogP contribution in [0.1, 0.15) is 38.8 Å². The van der Waals surface area contributed by atoms with Crippen molar-refractivity contribution in [1.82, 2.24) is 15.6 Å². The second-order valence-electron chi connectivity index (χ2n) is 4.18. The standard InChI is InChI=1S/C13H21N3O/c1-4-7-15-13(17)11(3)16-10(2)12-5-8-14-9-6-12/h5-6,8-11,16H,4,7H2,1-3H3,(H,15,17). The number of hydrogen-bond donors (Lipinski definition) is 2. The molecule has 0 aliphatic carbocycles. The van der Waals surface area contributed by atoms with Crippen molar-refractivity contribution in [3.8, 4) is 0 Å². The van der Waals surface area contributed by atoms with Gasteiger partial charge >= 0.3 is 0 Å². The van der Waals surface area contributed by atoms with Crippen molar-refractivity contribution in [1.29, 1.82) is 0 Å². The molecule has 1 aromatic rings. The van der Waals surface area contributed by atoms with Gasteiger partial charge in [-0.15, -0.1) is 0 Å². The summed E-state index contributed by atoms with van der Waals surface area (Å²) in [6.45, 7) is 6.69. The maximum absolute atomic E-state index is 11.7. The SMILES string of the molecule is CCCNC(=O)C(C)NC(C)c1ccncc1. The maximum Gasteiger partial charge on any atom is 0.236 e. The highest BCUT2D eigenvalue weighted by atomic mass is 16.2. The molecule has 0 saturated carbocycles. The first-order valence-electron chi connectivity index (χ1n) is 6.08. The van der Waals surface area contributed by atoms with Gasteiger partial charge in [0.25, 0.3) is 0 Å². The van der Waals surface area contributed by atoms with Crippen LogP contribution in [0.2, 0.25) is 0 Å². The second-order valence-corrected chi connectivity index (χ2v) is 4.18. The van der Waals surface area contributed by atoms with Gasteiger partial charge in [0.1, 0.15) is 0 Å². The molecule has 0 bridgehead atoms. The number of pyridine rings is 1. The third-order valence-electron chi connectivity index (χ3n) is 2.65. The summed E-state index contributed by atoms with van der Waals surface area (Å²) in [6.07, 6.45) is 4.48. The summed E-state index contributed by atoms with van der Waals surface area (Å²) in [5.41, 5.74) is 1.13. The Hall–Kier alpha value is -1.42. The molecule has 4 nitrogen and oxygen atoms in total. The number of hydrogen-bond acceptors (Lipinski definition) is 3. The van der Waals surface area contributed by atoms with Crippen molar-refractivity contribution in [2.75, 3.05) is 6.54 Å². The zero-order chi connectivity index (χ0) is 12.7. The van der Waals surface area contributed by atoms with Gasteiger partial charge in [-0.2, -0.15) is 0 Å². The summed E-state index contributed by atoms with van der Waals surface area (Å²) < 4.78 is 0. The smallest absolute Gasteiger partial charge is 0.236 e. The van der Waals surface area contributed by atoms with E-state index in [1.165, 1.54) is 0 Å². The fourth-order valence-electron chi connectivity index (χ4n) is 1.60. The van der Waals surface area contributed by atoms with Gasteiger partial charge in [0, 0.05) is 25.0 Å². The number of nitrogens with one attached hydrogen (secondary N) is 2. The van der Waals surface area contributed by atoms with Gasteiger partial charge < -0.3 is 5.32 Å². The van der Waals surface area contributed by atoms with Crippen LogP contribution in [0.25, 0.3) is 0 Å². The van der Waals surface area contributed by atoms with E-state index in [4.69, 9.17) is 0 Å². The third kappa shape index (κ3) is 4.53. The van der Waals surface area contributed by atoms with E-state index < -0.39 is 0 Å². The zero-order valence-corrected chi connectivity index (χ0v) is 10.7. The lowest BCUT2D eigenvalue weighted by Gasteiger charge is -2.19. The van der Waals surface area contributed by atoms with E-state index in [2.05, 4.69) is 15.6 Å². The highest BCUT2D eigenvalue weighted by molar-refractivity contribution is 5.81. The molecule has 0 spiro atoms. The lowest BCUT2D eigenvalue weighted by molar-refractivity contribution is -0.122. The summed E-state index contributed by atoms with van der Waals surface area (Å²) in [5, 5.41) is 6.14. The molecular weight excluding hydrogens is 214 g/mol. The van der Waals surface area contributed by atoms with Crippen molar-refractivity contribution < 1.29 is 4.79 Å². The van der Waals surface area contributed by atoms with Gasteiger partial charge in [-0.25, -0.2) is 0 Å². The molecule has 1 rings (SSSR count). The molecule has 2 N–H and O–H groups in total. The Morgan fingerprint density at radius 1 is 1.35 bits per heavy atom. The molecule has 4 heteroatoms. The molecule has 2 unspecified atom stereocenters. The lowest BCUT2D eigenvalue weighted by atomic mass is 10.1. The van der Waals surface area contributed by atoms with Crippen LogP contribution in [0.3, 0.4) is 0 Å². The van der Waals surface area contributed by atoms with E-state index in [0.29, 0.717) is 0 Å². The van der Waals surface area contributed by atoms with Crippen LogP contribution in [-0.2, 0) is 4.79 Å². The summed E-state index contributed by atoms with van der Waals surface area (Å²) >= 11 is 0. The summed E-state index contributed by atoms with van der Waals surface area (Å²) in [6, 6.07) is 3.85. The summed E-state index contributed by atoms with van der Waals surface area (Å²) in [4.78, 5) is 15.7. The van der Waals surface area contributed by atoms with E-state index in [-0.39, 0.29) is 18.0 Å². The van der Waals surface area contributed by atoms with Crippen molar-refractivity contribution >= 4 is 5.91 Å². The van der Waals surface area contributed by atoms with Crippen LogP contribution >= 0.6 is 0 Å². The van der Waals surface area contributed by atoms with Gasteiger partial charge in [0.2, 0.25) is 5.91 Å². The third-order valence-corrected chi connectivity index (χ3v) is 2.65. The predicted octanol–water partition coefficient (Wildman–Crippen LogP) is 1.65. The largest absolute Gasteiger partial charge is 0.355 e. The maximum atomic E-state index is 11.7. The number of amides is 1. The van der Waals surface area contributed by atoms with Gasteiger partial charge in [-0.1, -0.05) is 6.92 Å². The molecule has 0 aromatic carbocycles. The Morgan fingerprint density at radius 3 is 2.59 bits per heavy atom. The van der Waals surface area contributed by atoms with Gasteiger partial charge in [-0.3, -0.25) is 15.1 Å². The van der Waals surface area contributed by atoms with Crippen molar-refractivity contribution in [2.24, 2.45) is 0 Å². The molecule has 2 atom stereocenters. The molecule has 17 heavy (non-hydrogen) atoms. The van der Waals surface area contributed by atoms with E-state index in [1.807, 2.05) is 32.9 Å². The number of rotatable bonds is 6. The van der Waals surface area contributed by atoms with E-state index in [1.54, 1.807) is 12.4 Å². The second kappa shape index (κ2) is 7.01. The monoisotopic (exact) mass is 235 g/mol. The molecule has 94 valence electrons. The Bertz CT molecular complexity index is 340. The lowest BCUT2D eigenvalue weighted by Crippen LogP contribution is -2.43. The Kier molecular flexibility index (Phi) is 5.63. The Morgan fingerprint density at radius 2 is 2.00 bits per heavy atom. The normalized spacial score (nSPS) is 14.1. The zero-order valence-electron chi connectivity index (χ0n) is 10.7. The van der Waals surface area contributed by atoms with Crippen LogP contribution in [0, 0.1) is 0 Å². The van der Waals surface area contributed by atoms with Gasteiger partial charge in [0.15, 0.2) is 0 Å². The first-order valence-corrected chi connectivity index (χ1v) is 6.08. The molecule has 0 radical (unpaired) electrons. The molecule has 0 fully saturated rings. The Balaban J connectivity index is 2.45. The summed E-state index contributed by atoms with van der Waals surface area (Å²) in [5.74, 6) is 0.0488. The minimum atomic E-state index is -0.190. The van der Waals surface area contributed by atoms with Crippen LogP contribution in [0.4, 0.5) is 0 Å². The van der Waals surface area contributed by atoms with Crippen molar-refractivity contribution in [2.45, 2.75) is 39.3 Å². The minimum absolute atomic E-state index is 0.0488. The molecule has 0 aliphatic heterocycles. The topological polar surface area (TPSA) is 54.0 Å². The molecule has 0 aliphatic rings. The number of carbonyl (C=O) groups is 1. The van der Waals surface area contributed by atoms with Crippen LogP contribution in [-0.4, -0.2) is 23.5 Å². The van der Waals surface area contributed by atoms with Crippen LogP contribution in [0.5, 0.6) is 0 Å². The first kappa shape index (κ1) is 13.6. The Labute approximate surface area is 103 Å². The van der Waals surface area contributed by atoms with Crippen LogP contribution in [0.15, 0.2) is 24.5 Å². The molecule has 1 amide bonds. The number of aromatic nitrogens is 1. The molecule has 1 aromatic heterocycles. The predicted molar refractivity (Wildman–Crippen MR) is 68.6 cm³/mol. The average Bonchev–Trinajstić information content (AvgIpc) is 2.36. The first-order chi connectivity index (χ1) is 8.15. The summed E-state index contributed by atoms with van der Waals surface area (Å²) in [7, 11) is 0. The van der Waals surface area contributed by atoms with E-state index in [0.717, 1.165) is 18.5 Å². The number of carbonyl (C=O) groups excluding carboxylic acids is 1. The fraction of sp³-hybridized carbons (Fsp3) is 0.538.